The van der Waals surface area contributed by atoms with Crippen molar-refractivity contribution in [1.29, 1.82) is 0 Å². The Morgan fingerprint density at radius 1 is 1.40 bits per heavy atom. The quantitative estimate of drug-likeness (QED) is 0.788. The van der Waals surface area contributed by atoms with E-state index in [1.54, 1.807) is 13.4 Å². The van der Waals surface area contributed by atoms with Crippen LogP contribution in [0.25, 0.3) is 0 Å². The van der Waals surface area contributed by atoms with Gasteiger partial charge < -0.3 is 25.2 Å². The molecule has 0 bridgehead atoms. The van der Waals surface area contributed by atoms with Crippen LogP contribution in [-0.2, 0) is 9.53 Å². The smallest absolute Gasteiger partial charge is 0.225 e. The molecule has 0 saturated carbocycles. The number of nitrogens with one attached hydrogen (secondary N) is 2. The van der Waals surface area contributed by atoms with Gasteiger partial charge in [-0.15, -0.1) is 0 Å². The lowest BCUT2D eigenvalue weighted by Crippen LogP contribution is -2.58. The molecule has 2 fully saturated rings. The molecule has 0 aliphatic carbocycles. The highest BCUT2D eigenvalue weighted by Gasteiger charge is 2.46. The zero-order valence-corrected chi connectivity index (χ0v) is 14.8. The highest BCUT2D eigenvalue weighted by molar-refractivity contribution is 5.77. The van der Waals surface area contributed by atoms with Crippen molar-refractivity contribution in [3.8, 4) is 0 Å². The van der Waals surface area contributed by atoms with Gasteiger partial charge in [0.2, 0.25) is 5.91 Å². The molecule has 0 aromatic rings. The van der Waals surface area contributed by atoms with Gasteiger partial charge in [0.1, 0.15) is 12.0 Å². The molecule has 2 N–H and O–H groups in total. The second kappa shape index (κ2) is 6.71. The molecule has 0 aromatic carbocycles. The first kappa shape index (κ1) is 16.4. The third-order valence-electron chi connectivity index (χ3n) is 5.80. The van der Waals surface area contributed by atoms with Gasteiger partial charge in [0, 0.05) is 32.3 Å². The summed E-state index contributed by atoms with van der Waals surface area (Å²) in [6.45, 7) is 3.29. The van der Waals surface area contributed by atoms with E-state index in [2.05, 4.69) is 31.5 Å². The number of hydrogen-bond acceptors (Lipinski definition) is 6. The summed E-state index contributed by atoms with van der Waals surface area (Å²) in [5.74, 6) is 1.37. The third-order valence-corrected chi connectivity index (χ3v) is 5.80. The van der Waals surface area contributed by atoms with Crippen LogP contribution in [0.5, 0.6) is 0 Å². The molecule has 7 nitrogen and oxygen atoms in total. The van der Waals surface area contributed by atoms with E-state index in [1.165, 1.54) is 5.57 Å². The lowest BCUT2D eigenvalue weighted by Gasteiger charge is -2.47. The fourth-order valence-electron chi connectivity index (χ4n) is 4.65. The van der Waals surface area contributed by atoms with E-state index in [9.17, 15) is 4.79 Å². The Morgan fingerprint density at radius 3 is 3.08 bits per heavy atom. The predicted molar refractivity (Wildman–Crippen MR) is 95.7 cm³/mol. The molecule has 1 spiro atoms. The average molecular weight is 345 g/mol. The molecular weight excluding hydrogens is 318 g/mol. The molecule has 4 aliphatic heterocycles. The number of methoxy groups -OCH3 is 1. The summed E-state index contributed by atoms with van der Waals surface area (Å²) in [5, 5.41) is 6.60. The van der Waals surface area contributed by atoms with Crippen LogP contribution in [0.1, 0.15) is 32.1 Å². The van der Waals surface area contributed by atoms with Crippen LogP contribution in [0.4, 0.5) is 0 Å². The van der Waals surface area contributed by atoms with Crippen molar-refractivity contribution in [2.24, 2.45) is 4.99 Å². The summed E-state index contributed by atoms with van der Waals surface area (Å²) < 4.78 is 5.11. The number of piperidine rings is 1. The minimum absolute atomic E-state index is 0.0251. The van der Waals surface area contributed by atoms with Gasteiger partial charge in [-0.2, -0.15) is 0 Å². The number of likely N-dealkylation sites (tertiary alicyclic amines) is 2. The summed E-state index contributed by atoms with van der Waals surface area (Å²) in [4.78, 5) is 21.7. The number of fused-ring (bicyclic) bond motifs is 1. The zero-order valence-electron chi connectivity index (χ0n) is 14.8. The Bertz CT molecular complexity index is 629. The molecule has 136 valence electrons. The van der Waals surface area contributed by atoms with Crippen LogP contribution < -0.4 is 10.6 Å². The van der Waals surface area contributed by atoms with Crippen LogP contribution in [0.2, 0.25) is 0 Å². The van der Waals surface area contributed by atoms with E-state index < -0.39 is 0 Å². The molecule has 2 unspecified atom stereocenters. The first-order chi connectivity index (χ1) is 12.2. The van der Waals surface area contributed by atoms with Crippen molar-refractivity contribution in [3.05, 3.63) is 23.7 Å². The lowest BCUT2D eigenvalue weighted by molar-refractivity contribution is -0.138. The molecule has 0 aromatic heterocycles. The maximum Gasteiger partial charge on any atom is 0.225 e. The van der Waals surface area contributed by atoms with Crippen LogP contribution >= 0.6 is 0 Å². The van der Waals surface area contributed by atoms with E-state index in [4.69, 9.17) is 4.74 Å². The third kappa shape index (κ3) is 2.90. The number of carbonyl (C=O) groups excluding carboxylic acids is 1. The molecule has 4 aliphatic rings. The Morgan fingerprint density at radius 2 is 2.24 bits per heavy atom. The van der Waals surface area contributed by atoms with Crippen molar-refractivity contribution in [3.63, 3.8) is 0 Å². The highest BCUT2D eigenvalue weighted by Crippen LogP contribution is 2.39. The summed E-state index contributed by atoms with van der Waals surface area (Å²) in [6.07, 6.45) is 10.7. The largest absolute Gasteiger partial charge is 0.384 e. The number of hydrogen-bond donors (Lipinski definition) is 2. The molecule has 4 rings (SSSR count). The maximum absolute atomic E-state index is 12.7. The first-order valence-corrected chi connectivity index (χ1v) is 9.23. The molecule has 1 amide bonds. The topological polar surface area (TPSA) is 69.2 Å². The summed E-state index contributed by atoms with van der Waals surface area (Å²) in [6, 6.07) is 0. The van der Waals surface area contributed by atoms with E-state index in [1.807, 2.05) is 6.20 Å². The van der Waals surface area contributed by atoms with Gasteiger partial charge in [0.05, 0.1) is 24.9 Å². The van der Waals surface area contributed by atoms with Crippen LogP contribution in [0.15, 0.2) is 28.7 Å². The van der Waals surface area contributed by atoms with Crippen LogP contribution in [0.3, 0.4) is 0 Å². The second-order valence-electron chi connectivity index (χ2n) is 7.27. The lowest BCUT2D eigenvalue weighted by atomic mass is 9.86. The molecular formula is C18H27N5O2. The number of nitrogens with zero attached hydrogens (tertiary/aromatic N) is 3. The molecule has 25 heavy (non-hydrogen) atoms. The number of amides is 1. The number of ether oxygens (including phenoxy) is 1. The molecule has 4 heterocycles. The minimum Gasteiger partial charge on any atom is -0.384 e. The minimum atomic E-state index is -0.0296. The Labute approximate surface area is 148 Å². The van der Waals surface area contributed by atoms with E-state index in [-0.39, 0.29) is 17.6 Å². The normalized spacial score (nSPS) is 30.7. The van der Waals surface area contributed by atoms with Crippen LogP contribution in [-0.4, -0.2) is 67.1 Å². The first-order valence-electron chi connectivity index (χ1n) is 9.23. The van der Waals surface area contributed by atoms with Gasteiger partial charge in [-0.3, -0.25) is 4.79 Å². The second-order valence-corrected chi connectivity index (χ2v) is 7.27. The number of rotatable bonds is 4. The zero-order chi connectivity index (χ0) is 17.3. The van der Waals surface area contributed by atoms with Crippen molar-refractivity contribution in [2.75, 3.05) is 33.4 Å². The fourth-order valence-corrected chi connectivity index (χ4v) is 4.65. The Kier molecular flexibility index (Phi) is 4.41. The Hall–Kier alpha value is -2.02. The van der Waals surface area contributed by atoms with E-state index in [0.29, 0.717) is 13.0 Å². The van der Waals surface area contributed by atoms with E-state index in [0.717, 1.165) is 51.1 Å². The number of carbonyl (C=O) groups is 1. The van der Waals surface area contributed by atoms with Crippen molar-refractivity contribution < 1.29 is 9.53 Å². The van der Waals surface area contributed by atoms with Gasteiger partial charge in [-0.05, 0) is 38.0 Å². The van der Waals surface area contributed by atoms with Gasteiger partial charge in [0.25, 0.3) is 0 Å². The van der Waals surface area contributed by atoms with Gasteiger partial charge in [0.15, 0.2) is 0 Å². The standard InChI is InChI=1S/C18H27N5O2/c1-25-11-5-15(24)23-10-3-7-18(23)6-2-9-22(12-18)17-14-4-8-19-16(14)20-13-21-17/h4,8,13,16,19H,2-3,5-7,9-12H2,1H3,(H,20,21). The summed E-state index contributed by atoms with van der Waals surface area (Å²) in [5.41, 5.74) is 1.16. The average Bonchev–Trinajstić information content (AvgIpc) is 3.26. The SMILES string of the molecule is COCCC(=O)N1CCCC12CCCN(C1=C3C=CNC3N=CN1)C2. The monoisotopic (exact) mass is 345 g/mol. The van der Waals surface area contributed by atoms with Crippen molar-refractivity contribution in [2.45, 2.75) is 43.8 Å². The molecule has 2 atom stereocenters. The van der Waals surface area contributed by atoms with Gasteiger partial charge in [-0.1, -0.05) is 0 Å². The molecule has 0 radical (unpaired) electrons. The van der Waals surface area contributed by atoms with Gasteiger partial charge >= 0.3 is 0 Å². The maximum atomic E-state index is 12.7. The van der Waals surface area contributed by atoms with Gasteiger partial charge in [-0.25, -0.2) is 4.99 Å². The number of aliphatic imine (C=N–C) groups is 1. The van der Waals surface area contributed by atoms with E-state index >= 15 is 0 Å². The van der Waals surface area contributed by atoms with Crippen molar-refractivity contribution >= 4 is 12.2 Å². The molecule has 2 saturated heterocycles. The fraction of sp³-hybridized carbons (Fsp3) is 0.667. The highest BCUT2D eigenvalue weighted by atomic mass is 16.5. The summed E-state index contributed by atoms with van der Waals surface area (Å²) >= 11 is 0. The molecule has 7 heteroatoms. The predicted octanol–water partition coefficient (Wildman–Crippen LogP) is 0.766. The Balaban J connectivity index is 1.54. The summed E-state index contributed by atoms with van der Waals surface area (Å²) in [7, 11) is 1.65. The van der Waals surface area contributed by atoms with Crippen LogP contribution in [0, 0.1) is 0 Å². The van der Waals surface area contributed by atoms with Crippen molar-refractivity contribution in [1.82, 2.24) is 20.4 Å².